The number of piperidine rings is 1. The van der Waals surface area contributed by atoms with Gasteiger partial charge >= 0.3 is 0 Å². The van der Waals surface area contributed by atoms with Gasteiger partial charge in [0, 0.05) is 25.2 Å². The molecule has 3 aromatic heterocycles. The van der Waals surface area contributed by atoms with Crippen LogP contribution in [0.3, 0.4) is 0 Å². The van der Waals surface area contributed by atoms with Crippen LogP contribution in [0.25, 0.3) is 16.5 Å². The molecular weight excluding hydrogens is 396 g/mol. The van der Waals surface area contributed by atoms with Crippen LogP contribution < -0.4 is 5.32 Å². The number of hydrogen-bond acceptors (Lipinski definition) is 6. The second kappa shape index (κ2) is 8.28. The Kier molecular flexibility index (Phi) is 5.35. The van der Waals surface area contributed by atoms with E-state index in [1.165, 1.54) is 12.8 Å². The van der Waals surface area contributed by atoms with Crippen molar-refractivity contribution < 1.29 is 4.79 Å². The minimum Gasteiger partial charge on any atom is -0.352 e. The molecule has 1 N–H and O–H groups in total. The van der Waals surface area contributed by atoms with Crippen molar-refractivity contribution >= 4 is 17.2 Å². The van der Waals surface area contributed by atoms with Crippen LogP contribution in [-0.2, 0) is 0 Å². The third-order valence-corrected chi connectivity index (χ3v) is 6.79. The summed E-state index contributed by atoms with van der Waals surface area (Å²) in [5.74, 6) is 1.35. The van der Waals surface area contributed by atoms with Crippen molar-refractivity contribution in [2.45, 2.75) is 31.6 Å². The van der Waals surface area contributed by atoms with Gasteiger partial charge in [-0.25, -0.2) is 14.6 Å². The molecule has 7 nitrogen and oxygen atoms in total. The van der Waals surface area contributed by atoms with Gasteiger partial charge in [0.1, 0.15) is 0 Å². The highest BCUT2D eigenvalue weighted by Crippen LogP contribution is 2.42. The maximum absolute atomic E-state index is 13.0. The second-order valence-electron chi connectivity index (χ2n) is 8.33. The number of nitrogens with one attached hydrogen (secondary N) is 1. The van der Waals surface area contributed by atoms with Crippen LogP contribution in [0.2, 0.25) is 0 Å². The minimum absolute atomic E-state index is 0.0363. The zero-order chi connectivity index (χ0) is 20.5. The molecule has 1 saturated heterocycles. The fraction of sp³-hybridized carbons (Fsp3) is 0.455. The molecule has 3 aromatic rings. The molecule has 1 aliphatic heterocycles. The van der Waals surface area contributed by atoms with E-state index in [0.29, 0.717) is 29.9 Å². The Morgan fingerprint density at radius 3 is 2.97 bits per heavy atom. The molecule has 0 spiro atoms. The molecule has 30 heavy (non-hydrogen) atoms. The summed E-state index contributed by atoms with van der Waals surface area (Å²) in [5.41, 5.74) is 2.48. The van der Waals surface area contributed by atoms with Crippen molar-refractivity contribution in [3.8, 4) is 16.5 Å². The molecule has 0 aromatic carbocycles. The lowest BCUT2D eigenvalue weighted by Gasteiger charge is -2.29. The third-order valence-electron chi connectivity index (χ3n) is 5.89. The highest BCUT2D eigenvalue weighted by Gasteiger charge is 2.33. The van der Waals surface area contributed by atoms with E-state index in [1.807, 2.05) is 23.6 Å². The van der Waals surface area contributed by atoms with E-state index in [-0.39, 0.29) is 5.91 Å². The van der Waals surface area contributed by atoms with Crippen molar-refractivity contribution in [2.75, 3.05) is 26.7 Å². The molecule has 4 heterocycles. The Bertz CT molecular complexity index is 1030. The molecule has 5 rings (SSSR count). The third kappa shape index (κ3) is 4.02. The first-order valence-electron chi connectivity index (χ1n) is 10.6. The summed E-state index contributed by atoms with van der Waals surface area (Å²) in [7, 11) is 2.15. The topological polar surface area (TPSA) is 75.9 Å². The van der Waals surface area contributed by atoms with Crippen LogP contribution in [0.1, 0.15) is 47.7 Å². The molecule has 0 radical (unpaired) electrons. The zero-order valence-electron chi connectivity index (χ0n) is 17.1. The van der Waals surface area contributed by atoms with Crippen molar-refractivity contribution in [3.05, 3.63) is 47.2 Å². The molecule has 1 amide bonds. The first kappa shape index (κ1) is 19.4. The minimum atomic E-state index is -0.0363. The van der Waals surface area contributed by atoms with Crippen LogP contribution >= 0.6 is 11.3 Å². The van der Waals surface area contributed by atoms with Gasteiger partial charge < -0.3 is 10.2 Å². The summed E-state index contributed by atoms with van der Waals surface area (Å²) in [4.78, 5) is 25.6. The summed E-state index contributed by atoms with van der Waals surface area (Å²) in [6.45, 7) is 2.90. The fourth-order valence-electron chi connectivity index (χ4n) is 4.23. The Morgan fingerprint density at radius 1 is 1.30 bits per heavy atom. The van der Waals surface area contributed by atoms with Gasteiger partial charge in [-0.1, -0.05) is 6.07 Å². The van der Waals surface area contributed by atoms with Crippen molar-refractivity contribution in [1.82, 2.24) is 30.0 Å². The van der Waals surface area contributed by atoms with Gasteiger partial charge in [-0.3, -0.25) is 4.79 Å². The van der Waals surface area contributed by atoms with Gasteiger partial charge in [0.25, 0.3) is 11.9 Å². The van der Waals surface area contributed by atoms with E-state index < -0.39 is 0 Å². The smallest absolute Gasteiger partial charge is 0.254 e. The van der Waals surface area contributed by atoms with E-state index in [9.17, 15) is 4.79 Å². The van der Waals surface area contributed by atoms with Gasteiger partial charge in [-0.05, 0) is 62.7 Å². The Balaban J connectivity index is 1.38. The van der Waals surface area contributed by atoms with E-state index in [4.69, 9.17) is 4.98 Å². The van der Waals surface area contributed by atoms with Gasteiger partial charge in [-0.15, -0.1) is 11.3 Å². The van der Waals surface area contributed by atoms with Crippen molar-refractivity contribution in [2.24, 2.45) is 5.92 Å². The van der Waals surface area contributed by atoms with Crippen LogP contribution in [0, 0.1) is 5.92 Å². The number of rotatable bonds is 6. The summed E-state index contributed by atoms with van der Waals surface area (Å²) >= 11 is 1.65. The van der Waals surface area contributed by atoms with Crippen LogP contribution in [0.4, 0.5) is 0 Å². The number of carbonyl (C=O) groups is 1. The number of carbonyl (C=O) groups excluding carboxylic acids is 1. The molecule has 0 bridgehead atoms. The molecule has 1 aliphatic carbocycles. The Labute approximate surface area is 180 Å². The molecule has 156 valence electrons. The Hall–Kier alpha value is -2.58. The van der Waals surface area contributed by atoms with Gasteiger partial charge in [-0.2, -0.15) is 5.10 Å². The average Bonchev–Trinajstić information content (AvgIpc) is 3.27. The monoisotopic (exact) mass is 422 g/mol. The lowest BCUT2D eigenvalue weighted by Crippen LogP contribution is -2.39. The summed E-state index contributed by atoms with van der Waals surface area (Å²) in [6, 6.07) is 5.96. The first-order chi connectivity index (χ1) is 14.7. The number of aromatic nitrogens is 4. The number of nitrogens with zero attached hydrogens (tertiary/aromatic N) is 5. The van der Waals surface area contributed by atoms with Gasteiger partial charge in [0.15, 0.2) is 0 Å². The average molecular weight is 423 g/mol. The van der Waals surface area contributed by atoms with E-state index in [1.54, 1.807) is 28.4 Å². The number of thiophene rings is 1. The zero-order valence-corrected chi connectivity index (χ0v) is 17.9. The first-order valence-corrected chi connectivity index (χ1v) is 11.5. The predicted molar refractivity (Wildman–Crippen MR) is 117 cm³/mol. The molecule has 1 saturated carbocycles. The number of hydrogen-bond donors (Lipinski definition) is 1. The molecule has 2 aliphatic rings. The quantitative estimate of drug-likeness (QED) is 0.659. The summed E-state index contributed by atoms with van der Waals surface area (Å²) in [6.07, 6.45) is 7.95. The van der Waals surface area contributed by atoms with Gasteiger partial charge in [0.05, 0.1) is 28.0 Å². The lowest BCUT2D eigenvalue weighted by molar-refractivity contribution is 0.0935. The number of likely N-dealkylation sites (tertiary alicyclic amines) is 1. The second-order valence-corrected chi connectivity index (χ2v) is 9.28. The van der Waals surface area contributed by atoms with Gasteiger partial charge in [0.2, 0.25) is 0 Å². The van der Waals surface area contributed by atoms with E-state index in [0.717, 1.165) is 42.2 Å². The van der Waals surface area contributed by atoms with Crippen LogP contribution in [0.5, 0.6) is 0 Å². The summed E-state index contributed by atoms with van der Waals surface area (Å²) < 4.78 is 1.76. The number of amides is 1. The maximum Gasteiger partial charge on any atom is 0.254 e. The van der Waals surface area contributed by atoms with Crippen LogP contribution in [0.15, 0.2) is 36.0 Å². The Morgan fingerprint density at radius 2 is 2.20 bits per heavy atom. The largest absolute Gasteiger partial charge is 0.352 e. The van der Waals surface area contributed by atoms with Crippen molar-refractivity contribution in [3.63, 3.8) is 0 Å². The standard InChI is InChI=1S/C22H26N6OS/c1-27-10-2-4-15(14-27)12-24-21(29)17-13-25-28(20(17)16-6-7-16)22-23-9-8-18(26-22)19-5-3-11-30-19/h3,5,8-9,11,13,15-16H,2,4,6-7,10,12,14H2,1H3,(H,24,29). The van der Waals surface area contributed by atoms with Crippen LogP contribution in [-0.4, -0.2) is 57.2 Å². The predicted octanol–water partition coefficient (Wildman–Crippen LogP) is 3.34. The lowest BCUT2D eigenvalue weighted by atomic mass is 9.98. The molecule has 8 heteroatoms. The van der Waals surface area contributed by atoms with E-state index in [2.05, 4.69) is 27.3 Å². The highest BCUT2D eigenvalue weighted by molar-refractivity contribution is 7.13. The van der Waals surface area contributed by atoms with Crippen molar-refractivity contribution in [1.29, 1.82) is 0 Å². The summed E-state index contributed by atoms with van der Waals surface area (Å²) in [5, 5.41) is 9.71. The molecule has 1 unspecified atom stereocenters. The molecular formula is C22H26N6OS. The maximum atomic E-state index is 13.0. The SMILES string of the molecule is CN1CCCC(CNC(=O)c2cnn(-c3nccc(-c4cccs4)n3)c2C2CC2)C1. The molecule has 2 fully saturated rings. The fourth-order valence-corrected chi connectivity index (χ4v) is 4.92. The highest BCUT2D eigenvalue weighted by atomic mass is 32.1. The molecule has 1 atom stereocenters. The van der Waals surface area contributed by atoms with E-state index >= 15 is 0 Å². The normalized spacial score (nSPS) is 19.7.